The van der Waals surface area contributed by atoms with Gasteiger partial charge in [-0.2, -0.15) is 0 Å². The zero-order chi connectivity index (χ0) is 22.0. The Morgan fingerprint density at radius 3 is 2.45 bits per heavy atom. The number of fused-ring (bicyclic) bond motifs is 1. The van der Waals surface area contributed by atoms with Gasteiger partial charge < -0.3 is 5.32 Å². The maximum Gasteiger partial charge on any atom is 0.264 e. The normalized spacial score (nSPS) is 15.7. The van der Waals surface area contributed by atoms with E-state index in [-0.39, 0.29) is 16.8 Å². The molecule has 0 aliphatic heterocycles. The second-order valence-electron chi connectivity index (χ2n) is 7.90. The summed E-state index contributed by atoms with van der Waals surface area (Å²) in [5.41, 5.74) is 4.26. The minimum absolute atomic E-state index is 0.00133. The minimum atomic E-state index is -3.67. The molecule has 6 heteroatoms. The number of rotatable bonds is 5. The van der Waals surface area contributed by atoms with E-state index in [1.54, 1.807) is 48.5 Å². The Kier molecular flexibility index (Phi) is 5.83. The van der Waals surface area contributed by atoms with Crippen LogP contribution in [0.3, 0.4) is 0 Å². The molecule has 3 aromatic carbocycles. The topological polar surface area (TPSA) is 66.5 Å². The molecule has 0 radical (unpaired) electrons. The Balaban J connectivity index is 1.55. The molecule has 1 atom stereocenters. The first kappa shape index (κ1) is 21.1. The molecule has 1 amide bonds. The highest BCUT2D eigenvalue weighted by Crippen LogP contribution is 2.30. The quantitative estimate of drug-likeness (QED) is 0.637. The van der Waals surface area contributed by atoms with Crippen LogP contribution in [0.2, 0.25) is 0 Å². The molecule has 1 N–H and O–H groups in total. The number of sulfonamides is 1. The van der Waals surface area contributed by atoms with Gasteiger partial charge in [0.05, 0.1) is 16.6 Å². The summed E-state index contributed by atoms with van der Waals surface area (Å²) in [6, 6.07) is 21.7. The molecular formula is C25H26N2O3S. The van der Waals surface area contributed by atoms with Crippen molar-refractivity contribution in [2.24, 2.45) is 0 Å². The largest absolute Gasteiger partial charge is 0.345 e. The van der Waals surface area contributed by atoms with Crippen LogP contribution in [-0.2, 0) is 16.4 Å². The van der Waals surface area contributed by atoms with Gasteiger partial charge in [0.1, 0.15) is 0 Å². The minimum Gasteiger partial charge on any atom is -0.345 e. The van der Waals surface area contributed by atoms with E-state index in [0.717, 1.165) is 24.8 Å². The number of anilines is 1. The number of amides is 1. The van der Waals surface area contributed by atoms with E-state index in [1.165, 1.54) is 22.5 Å². The molecular weight excluding hydrogens is 408 g/mol. The van der Waals surface area contributed by atoms with Gasteiger partial charge in [0, 0.05) is 12.6 Å². The fraction of sp³-hybridized carbons (Fsp3) is 0.240. The first-order valence-electron chi connectivity index (χ1n) is 10.4. The van der Waals surface area contributed by atoms with E-state index in [9.17, 15) is 13.2 Å². The summed E-state index contributed by atoms with van der Waals surface area (Å²) in [7, 11) is -2.14. The average Bonchev–Trinajstić information content (AvgIpc) is 2.79. The van der Waals surface area contributed by atoms with Crippen LogP contribution in [0.15, 0.2) is 77.7 Å². The third kappa shape index (κ3) is 4.21. The molecule has 160 valence electrons. The predicted octanol–water partition coefficient (Wildman–Crippen LogP) is 4.63. The predicted molar refractivity (Wildman–Crippen MR) is 123 cm³/mol. The van der Waals surface area contributed by atoms with Crippen molar-refractivity contribution < 1.29 is 13.2 Å². The number of nitrogens with one attached hydrogen (secondary N) is 1. The molecule has 0 heterocycles. The summed E-state index contributed by atoms with van der Waals surface area (Å²) in [6.45, 7) is 1.82. The van der Waals surface area contributed by atoms with Crippen molar-refractivity contribution in [2.75, 3.05) is 11.4 Å². The molecule has 0 bridgehead atoms. The van der Waals surface area contributed by atoms with Crippen LogP contribution < -0.4 is 9.62 Å². The molecule has 0 saturated carbocycles. The van der Waals surface area contributed by atoms with Gasteiger partial charge >= 0.3 is 0 Å². The Bertz CT molecular complexity index is 1210. The van der Waals surface area contributed by atoms with Gasteiger partial charge in [-0.25, -0.2) is 8.42 Å². The van der Waals surface area contributed by atoms with Crippen molar-refractivity contribution in [1.82, 2.24) is 5.32 Å². The molecule has 0 fully saturated rings. The zero-order valence-corrected chi connectivity index (χ0v) is 18.5. The van der Waals surface area contributed by atoms with Crippen LogP contribution in [0.1, 0.15) is 45.9 Å². The van der Waals surface area contributed by atoms with E-state index >= 15 is 0 Å². The van der Waals surface area contributed by atoms with E-state index in [2.05, 4.69) is 17.4 Å². The number of benzene rings is 3. The summed E-state index contributed by atoms with van der Waals surface area (Å²) < 4.78 is 27.1. The summed E-state index contributed by atoms with van der Waals surface area (Å²) >= 11 is 0. The molecule has 3 aromatic rings. The summed E-state index contributed by atoms with van der Waals surface area (Å²) in [5, 5.41) is 3.15. The van der Waals surface area contributed by atoms with Crippen LogP contribution in [0, 0.1) is 6.92 Å². The van der Waals surface area contributed by atoms with Gasteiger partial charge in [0.25, 0.3) is 15.9 Å². The Morgan fingerprint density at radius 1 is 1.00 bits per heavy atom. The highest BCUT2D eigenvalue weighted by atomic mass is 32.2. The van der Waals surface area contributed by atoms with Crippen LogP contribution in [0.4, 0.5) is 5.69 Å². The standard InChI is InChI=1S/C25H26N2O3S/c1-18-17-20(25(28)26-23-14-8-10-19-9-6-7-13-22(19)23)15-16-24(18)27(2)31(29,30)21-11-4-3-5-12-21/h3-7,9,11-13,15-17,23H,8,10,14H2,1-2H3,(H,26,28)/t23-/m1/s1. The Hall–Kier alpha value is -3.12. The van der Waals surface area contributed by atoms with E-state index < -0.39 is 10.0 Å². The number of hydrogen-bond donors (Lipinski definition) is 1. The number of aryl methyl sites for hydroxylation is 2. The number of hydrogen-bond acceptors (Lipinski definition) is 3. The molecule has 0 saturated heterocycles. The van der Waals surface area contributed by atoms with Crippen molar-refractivity contribution in [3.8, 4) is 0 Å². The molecule has 0 unspecified atom stereocenters. The maximum atomic E-state index is 12.9. The number of carbonyl (C=O) groups is 1. The lowest BCUT2D eigenvalue weighted by Gasteiger charge is -2.26. The lowest BCUT2D eigenvalue weighted by atomic mass is 9.87. The molecule has 0 spiro atoms. The average molecular weight is 435 g/mol. The van der Waals surface area contributed by atoms with Gasteiger partial charge in [0.15, 0.2) is 0 Å². The smallest absolute Gasteiger partial charge is 0.264 e. The number of carbonyl (C=O) groups excluding carboxylic acids is 1. The first-order chi connectivity index (χ1) is 14.9. The molecule has 1 aliphatic carbocycles. The van der Waals surface area contributed by atoms with Crippen LogP contribution in [0.5, 0.6) is 0 Å². The molecule has 5 nitrogen and oxygen atoms in total. The summed E-state index contributed by atoms with van der Waals surface area (Å²) in [5.74, 6) is -0.148. The molecule has 4 rings (SSSR count). The van der Waals surface area contributed by atoms with Crippen molar-refractivity contribution in [1.29, 1.82) is 0 Å². The third-order valence-electron chi connectivity index (χ3n) is 5.87. The maximum absolute atomic E-state index is 12.9. The lowest BCUT2D eigenvalue weighted by Crippen LogP contribution is -2.31. The van der Waals surface area contributed by atoms with Crippen molar-refractivity contribution >= 4 is 21.6 Å². The second-order valence-corrected chi connectivity index (χ2v) is 9.87. The highest BCUT2D eigenvalue weighted by molar-refractivity contribution is 7.92. The number of nitrogens with zero attached hydrogens (tertiary/aromatic N) is 1. The zero-order valence-electron chi connectivity index (χ0n) is 17.7. The SMILES string of the molecule is Cc1cc(C(=O)N[C@@H]2CCCc3ccccc32)ccc1N(C)S(=O)(=O)c1ccccc1. The third-order valence-corrected chi connectivity index (χ3v) is 7.66. The fourth-order valence-electron chi connectivity index (χ4n) is 4.18. The van der Waals surface area contributed by atoms with Crippen molar-refractivity contribution in [2.45, 2.75) is 37.1 Å². The highest BCUT2D eigenvalue weighted by Gasteiger charge is 2.24. The first-order valence-corrected chi connectivity index (χ1v) is 11.9. The Labute approximate surface area is 183 Å². The van der Waals surface area contributed by atoms with E-state index in [1.807, 2.05) is 19.1 Å². The van der Waals surface area contributed by atoms with Gasteiger partial charge in [-0.3, -0.25) is 9.10 Å². The van der Waals surface area contributed by atoms with Crippen molar-refractivity contribution in [3.05, 3.63) is 95.1 Å². The van der Waals surface area contributed by atoms with Crippen LogP contribution >= 0.6 is 0 Å². The monoisotopic (exact) mass is 434 g/mol. The van der Waals surface area contributed by atoms with Gasteiger partial charge in [-0.05, 0) is 73.2 Å². The second kappa shape index (κ2) is 8.55. The summed E-state index contributed by atoms with van der Waals surface area (Å²) in [6.07, 6.45) is 3.00. The molecule has 1 aliphatic rings. The molecule has 31 heavy (non-hydrogen) atoms. The van der Waals surface area contributed by atoms with Gasteiger partial charge in [-0.1, -0.05) is 42.5 Å². The van der Waals surface area contributed by atoms with Crippen LogP contribution in [-0.4, -0.2) is 21.4 Å². The van der Waals surface area contributed by atoms with E-state index in [4.69, 9.17) is 0 Å². The summed E-state index contributed by atoms with van der Waals surface area (Å²) in [4.78, 5) is 13.2. The lowest BCUT2D eigenvalue weighted by molar-refractivity contribution is 0.0932. The fourth-order valence-corrected chi connectivity index (χ4v) is 5.46. The van der Waals surface area contributed by atoms with Crippen molar-refractivity contribution in [3.63, 3.8) is 0 Å². The van der Waals surface area contributed by atoms with Gasteiger partial charge in [-0.15, -0.1) is 0 Å². The van der Waals surface area contributed by atoms with Gasteiger partial charge in [0.2, 0.25) is 0 Å². The van der Waals surface area contributed by atoms with Crippen LogP contribution in [0.25, 0.3) is 0 Å². The molecule has 0 aromatic heterocycles. The van der Waals surface area contributed by atoms with E-state index in [0.29, 0.717) is 11.3 Å². The Morgan fingerprint density at radius 2 is 1.71 bits per heavy atom.